The number of benzene rings is 3. The first kappa shape index (κ1) is 13.3. The summed E-state index contributed by atoms with van der Waals surface area (Å²) in [7, 11) is 0. The Bertz CT molecular complexity index is 603. The van der Waals surface area contributed by atoms with Gasteiger partial charge in [-0.15, -0.1) is 0 Å². The van der Waals surface area contributed by atoms with E-state index < -0.39 is 0 Å². The normalized spacial score (nSPS) is 10.4. The second kappa shape index (κ2) is 6.69. The van der Waals surface area contributed by atoms with E-state index in [-0.39, 0.29) is 0 Å². The molecule has 0 atom stereocenters. The largest absolute Gasteiger partial charge is 0.0889 e. The molecular weight excluding hydrogens is 280 g/mol. The molecule has 0 N–H and O–H groups in total. The lowest BCUT2D eigenvalue weighted by atomic mass is 10.4. The molecule has 20 heavy (non-hydrogen) atoms. The van der Waals surface area contributed by atoms with Crippen LogP contribution in [-0.2, 0) is 0 Å². The quantitative estimate of drug-likeness (QED) is 0.597. The molecule has 0 amide bonds. The van der Waals surface area contributed by atoms with Gasteiger partial charge in [0.1, 0.15) is 0 Å². The third-order valence-corrected chi connectivity index (χ3v) is 5.01. The topological polar surface area (TPSA) is 0 Å². The minimum absolute atomic E-state index is 1.24. The van der Waals surface area contributed by atoms with Crippen molar-refractivity contribution >= 4 is 23.5 Å². The average molecular weight is 293 g/mol. The SMILES string of the molecule is [c]1ccc(Sc2ccccc2)c(Sc2ccccc2)c1. The summed E-state index contributed by atoms with van der Waals surface area (Å²) in [4.78, 5) is 5.02. The van der Waals surface area contributed by atoms with E-state index in [0.717, 1.165) is 0 Å². The van der Waals surface area contributed by atoms with Gasteiger partial charge in [0, 0.05) is 19.6 Å². The van der Waals surface area contributed by atoms with Crippen molar-refractivity contribution < 1.29 is 0 Å². The summed E-state index contributed by atoms with van der Waals surface area (Å²) in [6.45, 7) is 0. The highest BCUT2D eigenvalue weighted by atomic mass is 32.2. The molecule has 3 aromatic rings. The first-order valence-corrected chi connectivity index (χ1v) is 8.01. The maximum atomic E-state index is 3.17. The summed E-state index contributed by atoms with van der Waals surface area (Å²) < 4.78 is 0. The van der Waals surface area contributed by atoms with Crippen molar-refractivity contribution in [2.45, 2.75) is 19.6 Å². The predicted molar refractivity (Wildman–Crippen MR) is 86.4 cm³/mol. The highest BCUT2D eigenvalue weighted by Crippen LogP contribution is 2.38. The zero-order valence-electron chi connectivity index (χ0n) is 10.8. The van der Waals surface area contributed by atoms with Gasteiger partial charge in [0.2, 0.25) is 0 Å². The molecule has 3 rings (SSSR count). The van der Waals surface area contributed by atoms with E-state index in [1.807, 2.05) is 18.2 Å². The van der Waals surface area contributed by atoms with Gasteiger partial charge in [0.25, 0.3) is 0 Å². The van der Waals surface area contributed by atoms with Crippen LogP contribution >= 0.6 is 23.5 Å². The van der Waals surface area contributed by atoms with Crippen LogP contribution < -0.4 is 0 Å². The van der Waals surface area contributed by atoms with Crippen molar-refractivity contribution in [3.63, 3.8) is 0 Å². The molecule has 1 radical (unpaired) electrons. The smallest absolute Gasteiger partial charge is 0.0268 e. The summed E-state index contributed by atoms with van der Waals surface area (Å²) in [5.41, 5.74) is 0. The lowest BCUT2D eigenvalue weighted by molar-refractivity contribution is 1.23. The molecule has 0 heterocycles. The lowest BCUT2D eigenvalue weighted by Crippen LogP contribution is -1.79. The summed E-state index contributed by atoms with van der Waals surface area (Å²) in [6, 6.07) is 30.2. The van der Waals surface area contributed by atoms with Gasteiger partial charge in [-0.25, -0.2) is 0 Å². The summed E-state index contributed by atoms with van der Waals surface area (Å²) in [5.74, 6) is 0. The third kappa shape index (κ3) is 3.47. The Kier molecular flexibility index (Phi) is 4.46. The van der Waals surface area contributed by atoms with Crippen LogP contribution in [0.15, 0.2) is 98.4 Å². The molecule has 0 aliphatic rings. The molecule has 0 saturated heterocycles. The summed E-state index contributed by atoms with van der Waals surface area (Å²) in [6.07, 6.45) is 0. The van der Waals surface area contributed by atoms with Gasteiger partial charge < -0.3 is 0 Å². The van der Waals surface area contributed by atoms with Crippen LogP contribution in [0.3, 0.4) is 0 Å². The van der Waals surface area contributed by atoms with Crippen LogP contribution in [0.4, 0.5) is 0 Å². The highest BCUT2D eigenvalue weighted by molar-refractivity contribution is 8.02. The van der Waals surface area contributed by atoms with E-state index in [0.29, 0.717) is 0 Å². The Morgan fingerprint density at radius 2 is 1.15 bits per heavy atom. The van der Waals surface area contributed by atoms with Crippen molar-refractivity contribution in [1.29, 1.82) is 0 Å². The lowest BCUT2D eigenvalue weighted by Gasteiger charge is -2.08. The highest BCUT2D eigenvalue weighted by Gasteiger charge is 2.05. The fourth-order valence-corrected chi connectivity index (χ4v) is 3.73. The second-order valence-electron chi connectivity index (χ2n) is 4.20. The molecule has 0 unspecified atom stereocenters. The molecule has 0 aliphatic heterocycles. The minimum Gasteiger partial charge on any atom is -0.0889 e. The Labute approximate surface area is 128 Å². The van der Waals surface area contributed by atoms with Gasteiger partial charge in [-0.1, -0.05) is 66.0 Å². The van der Waals surface area contributed by atoms with Crippen molar-refractivity contribution in [3.05, 3.63) is 84.9 Å². The number of hydrogen-bond acceptors (Lipinski definition) is 2. The van der Waals surface area contributed by atoms with Crippen molar-refractivity contribution in [2.24, 2.45) is 0 Å². The van der Waals surface area contributed by atoms with Crippen molar-refractivity contribution in [1.82, 2.24) is 0 Å². The fraction of sp³-hybridized carbons (Fsp3) is 0. The molecule has 3 aromatic carbocycles. The van der Waals surface area contributed by atoms with Gasteiger partial charge in [-0.2, -0.15) is 0 Å². The second-order valence-corrected chi connectivity index (χ2v) is 6.43. The molecular formula is C18H13S2. The van der Waals surface area contributed by atoms with Crippen molar-refractivity contribution in [3.8, 4) is 0 Å². The average Bonchev–Trinajstić information content (AvgIpc) is 2.51. The van der Waals surface area contributed by atoms with E-state index in [1.54, 1.807) is 23.5 Å². The number of hydrogen-bond donors (Lipinski definition) is 0. The van der Waals surface area contributed by atoms with Crippen LogP contribution in [0.1, 0.15) is 0 Å². The van der Waals surface area contributed by atoms with E-state index in [1.165, 1.54) is 19.6 Å². The first-order chi connectivity index (χ1) is 9.92. The zero-order chi connectivity index (χ0) is 13.6. The first-order valence-electron chi connectivity index (χ1n) is 6.38. The monoisotopic (exact) mass is 293 g/mol. The Hall–Kier alpha value is -1.64. The standard InChI is InChI=1S/C18H13S2/c1-3-9-15(10-4-1)19-17-13-7-8-14-18(17)20-16-11-5-2-6-12-16/h1-7,9-14H. The number of rotatable bonds is 4. The van der Waals surface area contributed by atoms with Crippen LogP contribution in [0.25, 0.3) is 0 Å². The molecule has 0 saturated carbocycles. The third-order valence-electron chi connectivity index (χ3n) is 2.73. The molecule has 2 heteroatoms. The minimum atomic E-state index is 1.24. The molecule has 0 fully saturated rings. The maximum absolute atomic E-state index is 3.17. The molecule has 0 bridgehead atoms. The molecule has 0 nitrogen and oxygen atoms in total. The van der Waals surface area contributed by atoms with Gasteiger partial charge in [-0.05, 0) is 42.5 Å². The Balaban J connectivity index is 1.85. The Morgan fingerprint density at radius 1 is 0.600 bits per heavy atom. The van der Waals surface area contributed by atoms with Gasteiger partial charge >= 0.3 is 0 Å². The maximum Gasteiger partial charge on any atom is 0.0268 e. The molecule has 97 valence electrons. The van der Waals surface area contributed by atoms with Gasteiger partial charge in [-0.3, -0.25) is 0 Å². The molecule has 0 aromatic heterocycles. The van der Waals surface area contributed by atoms with E-state index in [4.69, 9.17) is 0 Å². The predicted octanol–water partition coefficient (Wildman–Crippen LogP) is 5.79. The molecule has 0 spiro atoms. The van der Waals surface area contributed by atoms with Crippen molar-refractivity contribution in [2.75, 3.05) is 0 Å². The summed E-state index contributed by atoms with van der Waals surface area (Å²) in [5, 5.41) is 0. The van der Waals surface area contributed by atoms with Crippen LogP contribution in [0.2, 0.25) is 0 Å². The van der Waals surface area contributed by atoms with Crippen LogP contribution in [0.5, 0.6) is 0 Å². The van der Waals surface area contributed by atoms with Gasteiger partial charge in [0.05, 0.1) is 0 Å². The van der Waals surface area contributed by atoms with E-state index in [9.17, 15) is 0 Å². The van der Waals surface area contributed by atoms with E-state index in [2.05, 4.69) is 66.7 Å². The van der Waals surface area contributed by atoms with Gasteiger partial charge in [0.15, 0.2) is 0 Å². The zero-order valence-corrected chi connectivity index (χ0v) is 12.5. The Morgan fingerprint density at radius 3 is 1.75 bits per heavy atom. The molecule has 0 aliphatic carbocycles. The van der Waals surface area contributed by atoms with E-state index >= 15 is 0 Å². The van der Waals surface area contributed by atoms with Crippen LogP contribution in [0, 0.1) is 6.07 Å². The fourth-order valence-electron chi connectivity index (χ4n) is 1.80. The summed E-state index contributed by atoms with van der Waals surface area (Å²) >= 11 is 3.57. The van der Waals surface area contributed by atoms with Crippen LogP contribution in [-0.4, -0.2) is 0 Å².